The van der Waals surface area contributed by atoms with Crippen LogP contribution in [-0.2, 0) is 11.3 Å². The van der Waals surface area contributed by atoms with Crippen molar-refractivity contribution in [2.45, 2.75) is 40.2 Å². The molecule has 28 heavy (non-hydrogen) atoms. The van der Waals surface area contributed by atoms with Crippen molar-refractivity contribution in [1.29, 1.82) is 0 Å². The molecule has 0 spiro atoms. The molecule has 1 N–H and O–H groups in total. The number of piperidine rings is 1. The lowest BCUT2D eigenvalue weighted by molar-refractivity contribution is -0.145. The van der Waals surface area contributed by atoms with Gasteiger partial charge in [0.15, 0.2) is 5.82 Å². The van der Waals surface area contributed by atoms with E-state index in [4.69, 9.17) is 0 Å². The van der Waals surface area contributed by atoms with E-state index in [0.29, 0.717) is 31.3 Å². The number of hydrogen-bond acceptors (Lipinski definition) is 5. The quantitative estimate of drug-likeness (QED) is 0.775. The standard InChI is InChI=1S/C20H25F2N3O2S/c1-20(2,3)13-8-12(19(26)27)9-25(10-13)11-14-4-5-16(28-14)18-23-7-6-15(24-18)17(21)22/h4-7,12-13,17H,8-11H2,1-3H3,(H,26,27)/t12-,13-/m1/s1. The molecule has 0 saturated carbocycles. The number of carboxylic acid groups (broad SMARTS) is 1. The van der Waals surface area contributed by atoms with Crippen LogP contribution in [0.2, 0.25) is 0 Å². The van der Waals surface area contributed by atoms with Gasteiger partial charge < -0.3 is 5.11 Å². The fraction of sp³-hybridized carbons (Fsp3) is 0.550. The molecule has 2 aromatic rings. The molecule has 2 atom stereocenters. The predicted octanol–water partition coefficient (Wildman–Crippen LogP) is 4.71. The number of aliphatic carboxylic acids is 1. The zero-order valence-electron chi connectivity index (χ0n) is 16.2. The fourth-order valence-electron chi connectivity index (χ4n) is 3.54. The Bertz CT molecular complexity index is 835. The van der Waals surface area contributed by atoms with E-state index in [2.05, 4.69) is 35.6 Å². The molecule has 8 heteroatoms. The molecule has 1 aliphatic heterocycles. The monoisotopic (exact) mass is 409 g/mol. The topological polar surface area (TPSA) is 66.3 Å². The fourth-order valence-corrected chi connectivity index (χ4v) is 4.53. The number of carboxylic acids is 1. The Labute approximate surface area is 167 Å². The highest BCUT2D eigenvalue weighted by Crippen LogP contribution is 2.37. The number of hydrogen-bond donors (Lipinski definition) is 1. The number of aromatic nitrogens is 2. The number of alkyl halides is 2. The van der Waals surface area contributed by atoms with Crippen LogP contribution in [0.25, 0.3) is 10.7 Å². The summed E-state index contributed by atoms with van der Waals surface area (Å²) < 4.78 is 25.7. The molecule has 152 valence electrons. The third kappa shape index (κ3) is 4.91. The molecular weight excluding hydrogens is 384 g/mol. The minimum Gasteiger partial charge on any atom is -0.481 e. The summed E-state index contributed by atoms with van der Waals surface area (Å²) in [7, 11) is 0. The molecule has 2 aromatic heterocycles. The molecule has 1 fully saturated rings. The second-order valence-corrected chi connectivity index (χ2v) is 9.57. The minimum absolute atomic E-state index is 0.0382. The van der Waals surface area contributed by atoms with Crippen LogP contribution < -0.4 is 0 Å². The Hall–Kier alpha value is -1.93. The van der Waals surface area contributed by atoms with Crippen molar-refractivity contribution in [3.8, 4) is 10.7 Å². The summed E-state index contributed by atoms with van der Waals surface area (Å²) >= 11 is 1.46. The summed E-state index contributed by atoms with van der Waals surface area (Å²) in [6, 6.07) is 4.99. The first-order chi connectivity index (χ1) is 13.1. The highest BCUT2D eigenvalue weighted by Gasteiger charge is 2.37. The highest BCUT2D eigenvalue weighted by molar-refractivity contribution is 7.15. The van der Waals surface area contributed by atoms with Crippen LogP contribution in [0.15, 0.2) is 24.4 Å². The third-order valence-electron chi connectivity index (χ3n) is 5.26. The largest absolute Gasteiger partial charge is 0.481 e. The van der Waals surface area contributed by atoms with Gasteiger partial charge in [-0.3, -0.25) is 9.69 Å². The lowest BCUT2D eigenvalue weighted by Gasteiger charge is -2.42. The van der Waals surface area contributed by atoms with Gasteiger partial charge in [0.25, 0.3) is 6.43 Å². The van der Waals surface area contributed by atoms with E-state index in [1.54, 1.807) is 0 Å². The Morgan fingerprint density at radius 3 is 2.71 bits per heavy atom. The van der Waals surface area contributed by atoms with Crippen molar-refractivity contribution >= 4 is 17.3 Å². The van der Waals surface area contributed by atoms with Crippen molar-refractivity contribution in [3.05, 3.63) is 35.0 Å². The molecule has 0 bridgehead atoms. The second-order valence-electron chi connectivity index (χ2n) is 8.40. The summed E-state index contributed by atoms with van der Waals surface area (Å²) in [5.74, 6) is -0.525. The van der Waals surface area contributed by atoms with E-state index in [9.17, 15) is 18.7 Å². The predicted molar refractivity (Wildman–Crippen MR) is 104 cm³/mol. The molecule has 0 aliphatic carbocycles. The average Bonchev–Trinajstić information content (AvgIpc) is 3.09. The van der Waals surface area contributed by atoms with Gasteiger partial charge in [0.1, 0.15) is 5.69 Å². The van der Waals surface area contributed by atoms with Gasteiger partial charge in [-0.05, 0) is 36.0 Å². The van der Waals surface area contributed by atoms with Crippen LogP contribution >= 0.6 is 11.3 Å². The van der Waals surface area contributed by atoms with Crippen LogP contribution in [0.1, 0.15) is 44.2 Å². The SMILES string of the molecule is CC(C)(C)[C@@H]1C[C@@H](C(=O)O)CN(Cc2ccc(-c3nccc(C(F)F)n3)s2)C1. The van der Waals surface area contributed by atoms with E-state index in [1.165, 1.54) is 23.6 Å². The summed E-state index contributed by atoms with van der Waals surface area (Å²) in [6.07, 6.45) is -0.588. The maximum absolute atomic E-state index is 12.9. The van der Waals surface area contributed by atoms with Crippen LogP contribution in [0.3, 0.4) is 0 Å². The van der Waals surface area contributed by atoms with Crippen molar-refractivity contribution in [2.24, 2.45) is 17.3 Å². The number of thiophene rings is 1. The van der Waals surface area contributed by atoms with E-state index in [0.717, 1.165) is 16.3 Å². The third-order valence-corrected chi connectivity index (χ3v) is 6.33. The Morgan fingerprint density at radius 1 is 1.32 bits per heavy atom. The smallest absolute Gasteiger partial charge is 0.307 e. The van der Waals surface area contributed by atoms with Gasteiger partial charge in [-0.2, -0.15) is 0 Å². The lowest BCUT2D eigenvalue weighted by Crippen LogP contribution is -2.46. The molecule has 1 saturated heterocycles. The summed E-state index contributed by atoms with van der Waals surface area (Å²) in [6.45, 7) is 8.45. The van der Waals surface area contributed by atoms with Crippen LogP contribution in [0.5, 0.6) is 0 Å². The summed E-state index contributed by atoms with van der Waals surface area (Å²) in [5.41, 5.74) is -0.246. The molecule has 0 aromatic carbocycles. The summed E-state index contributed by atoms with van der Waals surface area (Å²) in [5, 5.41) is 9.53. The lowest BCUT2D eigenvalue weighted by atomic mass is 9.73. The molecule has 0 amide bonds. The van der Waals surface area contributed by atoms with Crippen molar-refractivity contribution in [3.63, 3.8) is 0 Å². The molecule has 3 rings (SSSR count). The van der Waals surface area contributed by atoms with Crippen molar-refractivity contribution in [2.75, 3.05) is 13.1 Å². The van der Waals surface area contributed by atoms with Crippen molar-refractivity contribution in [1.82, 2.24) is 14.9 Å². The van der Waals surface area contributed by atoms with E-state index < -0.39 is 12.4 Å². The van der Waals surface area contributed by atoms with E-state index in [-0.39, 0.29) is 17.0 Å². The van der Waals surface area contributed by atoms with Gasteiger partial charge >= 0.3 is 5.97 Å². The van der Waals surface area contributed by atoms with Crippen LogP contribution in [-0.4, -0.2) is 39.0 Å². The number of halogens is 2. The first-order valence-electron chi connectivity index (χ1n) is 9.29. The Kier molecular flexibility index (Phi) is 6.09. The average molecular weight is 410 g/mol. The number of likely N-dealkylation sites (tertiary alicyclic amines) is 1. The van der Waals surface area contributed by atoms with Gasteiger partial charge in [0.2, 0.25) is 0 Å². The summed E-state index contributed by atoms with van der Waals surface area (Å²) in [4.78, 5) is 23.6. The normalized spacial score (nSPS) is 21.2. The zero-order valence-corrected chi connectivity index (χ0v) is 17.0. The maximum atomic E-state index is 12.9. The molecule has 3 heterocycles. The minimum atomic E-state index is -2.63. The highest BCUT2D eigenvalue weighted by atomic mass is 32.1. The molecular formula is C20H25F2N3O2S. The number of rotatable bonds is 5. The molecule has 1 aliphatic rings. The van der Waals surface area contributed by atoms with Gasteiger partial charge in [-0.1, -0.05) is 20.8 Å². The van der Waals surface area contributed by atoms with E-state index >= 15 is 0 Å². The van der Waals surface area contributed by atoms with Gasteiger partial charge in [0, 0.05) is 30.7 Å². The van der Waals surface area contributed by atoms with Crippen LogP contribution in [0, 0.1) is 17.3 Å². The molecule has 5 nitrogen and oxygen atoms in total. The van der Waals surface area contributed by atoms with Gasteiger partial charge in [0.05, 0.1) is 10.8 Å². The van der Waals surface area contributed by atoms with Crippen LogP contribution in [0.4, 0.5) is 8.78 Å². The maximum Gasteiger partial charge on any atom is 0.307 e. The zero-order chi connectivity index (χ0) is 20.5. The van der Waals surface area contributed by atoms with Gasteiger partial charge in [-0.25, -0.2) is 18.7 Å². The Morgan fingerprint density at radius 2 is 2.07 bits per heavy atom. The molecule has 0 unspecified atom stereocenters. The molecule has 0 radical (unpaired) electrons. The second kappa shape index (κ2) is 8.21. The number of nitrogens with zero attached hydrogens (tertiary/aromatic N) is 3. The van der Waals surface area contributed by atoms with Crippen molar-refractivity contribution < 1.29 is 18.7 Å². The van der Waals surface area contributed by atoms with Gasteiger partial charge in [-0.15, -0.1) is 11.3 Å². The number of carbonyl (C=O) groups is 1. The first-order valence-corrected chi connectivity index (χ1v) is 10.1. The first kappa shape index (κ1) is 20.8. The van der Waals surface area contributed by atoms with E-state index in [1.807, 2.05) is 12.1 Å². The Balaban J connectivity index is 1.75.